The van der Waals surface area contributed by atoms with Gasteiger partial charge < -0.3 is 14.5 Å². The Morgan fingerprint density at radius 3 is 2.56 bits per heavy atom. The van der Waals surface area contributed by atoms with Gasteiger partial charge in [0.25, 0.3) is 0 Å². The van der Waals surface area contributed by atoms with Gasteiger partial charge in [-0.1, -0.05) is 6.07 Å². The Labute approximate surface area is 205 Å². The lowest BCUT2D eigenvalue weighted by molar-refractivity contribution is -0.136. The number of pyridine rings is 1. The third kappa shape index (κ3) is 4.18. The van der Waals surface area contributed by atoms with Crippen LogP contribution in [-0.2, 0) is 6.18 Å². The standard InChI is InChI=1S/C27H21F3N6/c1-17(2)34-21-11-18(12-31)8-9-23(21)36-14-20(27(28,29)30)26-24(6-3-7-25(26)36)35-15-22(33-16-35)19-5-4-10-32-13-19/h3-11,13-17,34H,1-2H3. The van der Waals surface area contributed by atoms with E-state index in [-0.39, 0.29) is 11.4 Å². The molecule has 3 aromatic heterocycles. The third-order valence-corrected chi connectivity index (χ3v) is 5.76. The number of hydrogen-bond acceptors (Lipinski definition) is 4. The number of rotatable bonds is 5. The Kier molecular flexibility index (Phi) is 5.72. The molecule has 36 heavy (non-hydrogen) atoms. The molecule has 0 radical (unpaired) electrons. The lowest BCUT2D eigenvalue weighted by Crippen LogP contribution is -2.12. The van der Waals surface area contributed by atoms with Crippen LogP contribution in [0.25, 0.3) is 33.5 Å². The van der Waals surface area contributed by atoms with Gasteiger partial charge in [0.2, 0.25) is 0 Å². The van der Waals surface area contributed by atoms with Crippen molar-refractivity contribution in [2.45, 2.75) is 26.1 Å². The van der Waals surface area contributed by atoms with Gasteiger partial charge in [0.15, 0.2) is 0 Å². The van der Waals surface area contributed by atoms with Crippen LogP contribution < -0.4 is 5.32 Å². The van der Waals surface area contributed by atoms with E-state index in [1.807, 2.05) is 19.9 Å². The maximum Gasteiger partial charge on any atom is 0.418 e. The Bertz CT molecular complexity index is 1590. The molecule has 5 aromatic rings. The molecule has 180 valence electrons. The molecule has 5 rings (SSSR count). The SMILES string of the molecule is CC(C)Nc1cc(C#N)ccc1-n1cc(C(F)(F)F)c2c(-n3cnc(-c4cccnc4)c3)cccc21. The molecule has 0 bridgehead atoms. The minimum absolute atomic E-state index is 0.00835. The monoisotopic (exact) mass is 486 g/mol. The highest BCUT2D eigenvalue weighted by atomic mass is 19.4. The fourth-order valence-corrected chi connectivity index (χ4v) is 4.26. The minimum Gasteiger partial charge on any atom is -0.381 e. The lowest BCUT2D eigenvalue weighted by atomic mass is 10.1. The molecule has 0 unspecified atom stereocenters. The van der Waals surface area contributed by atoms with Crippen molar-refractivity contribution in [1.29, 1.82) is 5.26 Å². The smallest absolute Gasteiger partial charge is 0.381 e. The Hall–Kier alpha value is -4.58. The summed E-state index contributed by atoms with van der Waals surface area (Å²) in [5.41, 5.74) is 2.84. The van der Waals surface area contributed by atoms with E-state index in [0.29, 0.717) is 33.8 Å². The number of anilines is 1. The van der Waals surface area contributed by atoms with E-state index in [1.54, 1.807) is 65.6 Å². The third-order valence-electron chi connectivity index (χ3n) is 5.76. The molecule has 1 N–H and O–H groups in total. The van der Waals surface area contributed by atoms with Crippen molar-refractivity contribution in [3.8, 4) is 28.7 Å². The first-order chi connectivity index (χ1) is 17.3. The summed E-state index contributed by atoms with van der Waals surface area (Å²) in [5.74, 6) is 0. The Morgan fingerprint density at radius 1 is 1.03 bits per heavy atom. The topological polar surface area (TPSA) is 71.5 Å². The van der Waals surface area contributed by atoms with Gasteiger partial charge in [-0.2, -0.15) is 18.4 Å². The predicted molar refractivity (Wildman–Crippen MR) is 132 cm³/mol. The summed E-state index contributed by atoms with van der Waals surface area (Å²) < 4.78 is 46.1. The summed E-state index contributed by atoms with van der Waals surface area (Å²) in [7, 11) is 0. The molecular weight excluding hydrogens is 465 g/mol. The van der Waals surface area contributed by atoms with Crippen LogP contribution in [0, 0.1) is 11.3 Å². The van der Waals surface area contributed by atoms with Crippen molar-refractivity contribution >= 4 is 16.6 Å². The van der Waals surface area contributed by atoms with Gasteiger partial charge >= 0.3 is 6.18 Å². The molecule has 0 saturated carbocycles. The highest BCUT2D eigenvalue weighted by Gasteiger charge is 2.36. The van der Waals surface area contributed by atoms with Gasteiger partial charge in [0.1, 0.15) is 0 Å². The first-order valence-corrected chi connectivity index (χ1v) is 11.2. The fourth-order valence-electron chi connectivity index (χ4n) is 4.26. The summed E-state index contributed by atoms with van der Waals surface area (Å²) in [4.78, 5) is 8.48. The molecular formula is C27H21F3N6. The second-order valence-electron chi connectivity index (χ2n) is 8.63. The first-order valence-electron chi connectivity index (χ1n) is 11.2. The molecule has 0 saturated heterocycles. The first kappa shape index (κ1) is 23.2. The van der Waals surface area contributed by atoms with Crippen molar-refractivity contribution in [2.24, 2.45) is 0 Å². The van der Waals surface area contributed by atoms with E-state index in [9.17, 15) is 18.4 Å². The summed E-state index contributed by atoms with van der Waals surface area (Å²) in [6.07, 6.45) is 3.01. The zero-order chi connectivity index (χ0) is 25.4. The average Bonchev–Trinajstić information content (AvgIpc) is 3.50. The van der Waals surface area contributed by atoms with Crippen LogP contribution in [0.3, 0.4) is 0 Å². The highest BCUT2D eigenvalue weighted by molar-refractivity contribution is 5.94. The van der Waals surface area contributed by atoms with Gasteiger partial charge in [-0.25, -0.2) is 4.98 Å². The molecule has 3 heterocycles. The largest absolute Gasteiger partial charge is 0.418 e. The number of alkyl halides is 3. The van der Waals surface area contributed by atoms with Crippen molar-refractivity contribution < 1.29 is 13.2 Å². The Balaban J connectivity index is 1.74. The minimum atomic E-state index is -4.59. The number of nitriles is 1. The number of benzene rings is 2. The summed E-state index contributed by atoms with van der Waals surface area (Å²) in [5, 5.41) is 12.6. The second kappa shape index (κ2) is 8.89. The molecule has 0 aliphatic heterocycles. The molecule has 6 nitrogen and oxygen atoms in total. The molecule has 0 aliphatic carbocycles. The van der Waals surface area contributed by atoms with Crippen LogP contribution in [0.2, 0.25) is 0 Å². The second-order valence-corrected chi connectivity index (χ2v) is 8.63. The lowest BCUT2D eigenvalue weighted by Gasteiger charge is -2.17. The molecule has 0 aliphatic rings. The summed E-state index contributed by atoms with van der Waals surface area (Å²) in [6.45, 7) is 3.85. The van der Waals surface area contributed by atoms with Crippen molar-refractivity contribution in [3.05, 3.63) is 90.8 Å². The molecule has 0 spiro atoms. The summed E-state index contributed by atoms with van der Waals surface area (Å²) >= 11 is 0. The van der Waals surface area contributed by atoms with E-state index >= 15 is 0 Å². The van der Waals surface area contributed by atoms with Crippen molar-refractivity contribution in [3.63, 3.8) is 0 Å². The van der Waals surface area contributed by atoms with E-state index in [1.165, 1.54) is 10.9 Å². The number of fused-ring (bicyclic) bond motifs is 1. The molecule has 0 amide bonds. The predicted octanol–water partition coefficient (Wildman–Crippen LogP) is 6.59. The molecule has 0 fully saturated rings. The molecule has 2 aromatic carbocycles. The average molecular weight is 487 g/mol. The van der Waals surface area contributed by atoms with Crippen molar-refractivity contribution in [1.82, 2.24) is 19.1 Å². The van der Waals surface area contributed by atoms with Crippen LogP contribution in [0.1, 0.15) is 25.0 Å². The quantitative estimate of drug-likeness (QED) is 0.304. The zero-order valence-corrected chi connectivity index (χ0v) is 19.5. The highest BCUT2D eigenvalue weighted by Crippen LogP contribution is 2.41. The van der Waals surface area contributed by atoms with Gasteiger partial charge in [0, 0.05) is 41.8 Å². The van der Waals surface area contributed by atoms with Gasteiger partial charge in [-0.05, 0) is 56.3 Å². The molecule has 0 atom stereocenters. The maximum absolute atomic E-state index is 14.3. The number of imidazole rings is 1. The van der Waals surface area contributed by atoms with Crippen LogP contribution in [0.15, 0.2) is 79.6 Å². The van der Waals surface area contributed by atoms with Crippen LogP contribution in [-0.4, -0.2) is 25.1 Å². The summed E-state index contributed by atoms with van der Waals surface area (Å²) in [6, 6.07) is 15.6. The number of halogens is 3. The zero-order valence-electron chi connectivity index (χ0n) is 19.5. The van der Waals surface area contributed by atoms with E-state index < -0.39 is 11.7 Å². The number of nitrogens with one attached hydrogen (secondary N) is 1. The normalized spacial score (nSPS) is 11.7. The van der Waals surface area contributed by atoms with E-state index in [2.05, 4.69) is 21.4 Å². The molecule has 9 heteroatoms. The Morgan fingerprint density at radius 2 is 1.86 bits per heavy atom. The van der Waals surface area contributed by atoms with Gasteiger partial charge in [-0.15, -0.1) is 0 Å². The van der Waals surface area contributed by atoms with Crippen LogP contribution in [0.5, 0.6) is 0 Å². The fraction of sp³-hybridized carbons (Fsp3) is 0.148. The van der Waals surface area contributed by atoms with Gasteiger partial charge in [0.05, 0.1) is 51.8 Å². The number of aromatic nitrogens is 4. The van der Waals surface area contributed by atoms with Crippen molar-refractivity contribution in [2.75, 3.05) is 5.32 Å². The van der Waals surface area contributed by atoms with Crippen LogP contribution >= 0.6 is 0 Å². The maximum atomic E-state index is 14.3. The van der Waals surface area contributed by atoms with Gasteiger partial charge in [-0.3, -0.25) is 4.98 Å². The van der Waals surface area contributed by atoms with E-state index in [4.69, 9.17) is 0 Å². The number of hydrogen-bond donors (Lipinski definition) is 1. The van der Waals surface area contributed by atoms with Crippen LogP contribution in [0.4, 0.5) is 18.9 Å². The number of nitrogens with zero attached hydrogens (tertiary/aromatic N) is 5. The van der Waals surface area contributed by atoms with E-state index in [0.717, 1.165) is 11.8 Å².